The Morgan fingerprint density at radius 1 is 1.53 bits per heavy atom. The minimum absolute atomic E-state index is 0.00975. The molecule has 0 atom stereocenters. The van der Waals surface area contributed by atoms with Crippen LogP contribution < -0.4 is 4.74 Å². The van der Waals surface area contributed by atoms with E-state index in [1.165, 1.54) is 11.3 Å². The van der Waals surface area contributed by atoms with E-state index in [2.05, 4.69) is 4.98 Å². The van der Waals surface area contributed by atoms with Crippen LogP contribution in [-0.2, 0) is 0 Å². The fraction of sp³-hybridized carbons (Fsp3) is 0.200. The Labute approximate surface area is 90.4 Å². The summed E-state index contributed by atoms with van der Waals surface area (Å²) < 4.78 is 6.17. The van der Waals surface area contributed by atoms with E-state index in [1.807, 2.05) is 12.1 Å². The number of ether oxygens (including phenoxy) is 1. The molecule has 0 amide bonds. The quantitative estimate of drug-likeness (QED) is 0.852. The molecular weight excluding hydrogens is 212 g/mol. The van der Waals surface area contributed by atoms with Crippen LogP contribution in [0, 0.1) is 11.3 Å². The topological polar surface area (TPSA) is 66.1 Å². The molecule has 1 aromatic carbocycles. The zero-order valence-electron chi connectivity index (χ0n) is 7.80. The molecule has 2 rings (SSSR count). The zero-order chi connectivity index (χ0) is 10.7. The van der Waals surface area contributed by atoms with Crippen molar-refractivity contribution in [2.45, 2.75) is 0 Å². The van der Waals surface area contributed by atoms with Crippen molar-refractivity contribution in [1.82, 2.24) is 4.98 Å². The van der Waals surface area contributed by atoms with E-state index < -0.39 is 0 Å². The number of aliphatic hydroxyl groups excluding tert-OH is 1. The summed E-state index contributed by atoms with van der Waals surface area (Å²) in [5.41, 5.74) is 0.799. The fourth-order valence-corrected chi connectivity index (χ4v) is 2.00. The summed E-state index contributed by atoms with van der Waals surface area (Å²) in [7, 11) is 0. The van der Waals surface area contributed by atoms with E-state index in [4.69, 9.17) is 15.1 Å². The van der Waals surface area contributed by atoms with Crippen LogP contribution in [-0.4, -0.2) is 23.3 Å². The van der Waals surface area contributed by atoms with Crippen molar-refractivity contribution in [2.75, 3.05) is 13.2 Å². The van der Waals surface area contributed by atoms with Gasteiger partial charge >= 0.3 is 0 Å². The molecule has 76 valence electrons. The average molecular weight is 220 g/mol. The van der Waals surface area contributed by atoms with Crippen molar-refractivity contribution in [3.63, 3.8) is 0 Å². The van der Waals surface area contributed by atoms with E-state index in [1.54, 1.807) is 12.1 Å². The maximum absolute atomic E-state index is 8.68. The Bertz CT molecular complexity index is 516. The SMILES string of the molecule is N#Cc1nc2ccc(OCCO)cc2s1. The molecule has 0 spiro atoms. The molecule has 0 saturated carbocycles. The molecule has 15 heavy (non-hydrogen) atoms. The molecule has 1 aromatic heterocycles. The van der Waals surface area contributed by atoms with Gasteiger partial charge in [-0.2, -0.15) is 5.26 Å². The van der Waals surface area contributed by atoms with Crippen LogP contribution in [0.2, 0.25) is 0 Å². The third-order valence-electron chi connectivity index (χ3n) is 1.82. The lowest BCUT2D eigenvalue weighted by Gasteiger charge is -2.02. The number of hydrogen-bond donors (Lipinski definition) is 1. The van der Waals surface area contributed by atoms with Gasteiger partial charge in [0.05, 0.1) is 16.8 Å². The number of nitriles is 1. The molecule has 5 heteroatoms. The highest BCUT2D eigenvalue weighted by molar-refractivity contribution is 7.19. The molecule has 0 bridgehead atoms. The van der Waals surface area contributed by atoms with Crippen molar-refractivity contribution in [3.05, 3.63) is 23.2 Å². The van der Waals surface area contributed by atoms with Crippen molar-refractivity contribution < 1.29 is 9.84 Å². The smallest absolute Gasteiger partial charge is 0.195 e. The predicted molar refractivity (Wildman–Crippen MR) is 56.9 cm³/mol. The maximum Gasteiger partial charge on any atom is 0.195 e. The molecule has 0 aliphatic rings. The van der Waals surface area contributed by atoms with Crippen LogP contribution in [0.1, 0.15) is 5.01 Å². The van der Waals surface area contributed by atoms with Crippen molar-refractivity contribution in [1.29, 1.82) is 5.26 Å². The Hall–Kier alpha value is -1.64. The third-order valence-corrected chi connectivity index (χ3v) is 2.74. The van der Waals surface area contributed by atoms with Crippen LogP contribution >= 0.6 is 11.3 Å². The second kappa shape index (κ2) is 4.26. The number of aliphatic hydroxyl groups is 1. The lowest BCUT2D eigenvalue weighted by Crippen LogP contribution is -2.00. The Morgan fingerprint density at radius 2 is 2.40 bits per heavy atom. The van der Waals surface area contributed by atoms with Gasteiger partial charge in [-0.3, -0.25) is 0 Å². The lowest BCUT2D eigenvalue weighted by atomic mass is 10.3. The average Bonchev–Trinajstić information content (AvgIpc) is 2.68. The van der Waals surface area contributed by atoms with Crippen LogP contribution in [0.5, 0.6) is 5.75 Å². The molecule has 0 saturated heterocycles. The van der Waals surface area contributed by atoms with Gasteiger partial charge in [0.2, 0.25) is 0 Å². The molecule has 2 aromatic rings. The largest absolute Gasteiger partial charge is 0.491 e. The number of rotatable bonds is 3. The summed E-state index contributed by atoms with van der Waals surface area (Å²) in [4.78, 5) is 4.11. The van der Waals surface area contributed by atoms with Crippen LogP contribution in [0.15, 0.2) is 18.2 Å². The summed E-state index contributed by atoms with van der Waals surface area (Å²) in [5, 5.41) is 17.7. The monoisotopic (exact) mass is 220 g/mol. The number of benzene rings is 1. The van der Waals surface area contributed by atoms with Gasteiger partial charge in [-0.1, -0.05) is 0 Å². The molecule has 0 aliphatic heterocycles. The number of hydrogen-bond acceptors (Lipinski definition) is 5. The molecule has 0 radical (unpaired) electrons. The summed E-state index contributed by atoms with van der Waals surface area (Å²) >= 11 is 1.33. The molecule has 0 fully saturated rings. The van der Waals surface area contributed by atoms with Gasteiger partial charge in [-0.15, -0.1) is 11.3 Å². The summed E-state index contributed by atoms with van der Waals surface area (Å²) in [6.07, 6.45) is 0. The van der Waals surface area contributed by atoms with E-state index in [0.717, 1.165) is 10.2 Å². The van der Waals surface area contributed by atoms with Crippen LogP contribution in [0.25, 0.3) is 10.2 Å². The number of fused-ring (bicyclic) bond motifs is 1. The van der Waals surface area contributed by atoms with Crippen molar-refractivity contribution >= 4 is 21.6 Å². The van der Waals surface area contributed by atoms with E-state index in [0.29, 0.717) is 10.8 Å². The highest BCUT2D eigenvalue weighted by atomic mass is 32.1. The van der Waals surface area contributed by atoms with Gasteiger partial charge in [0, 0.05) is 0 Å². The van der Waals surface area contributed by atoms with E-state index in [9.17, 15) is 0 Å². The van der Waals surface area contributed by atoms with Gasteiger partial charge < -0.3 is 9.84 Å². The Balaban J connectivity index is 2.34. The second-order valence-electron chi connectivity index (χ2n) is 2.83. The standard InChI is InChI=1S/C10H8N2O2S/c11-6-10-12-8-2-1-7(14-4-3-13)5-9(8)15-10/h1-2,5,13H,3-4H2. The van der Waals surface area contributed by atoms with Crippen molar-refractivity contribution in [2.24, 2.45) is 0 Å². The zero-order valence-corrected chi connectivity index (χ0v) is 8.62. The second-order valence-corrected chi connectivity index (χ2v) is 3.86. The Morgan fingerprint density at radius 3 is 3.13 bits per heavy atom. The summed E-state index contributed by atoms with van der Waals surface area (Å²) in [5.74, 6) is 0.685. The normalized spacial score (nSPS) is 10.1. The Kier molecular flexibility index (Phi) is 2.81. The predicted octanol–water partition coefficient (Wildman–Crippen LogP) is 1.54. The van der Waals surface area contributed by atoms with Gasteiger partial charge in [0.25, 0.3) is 0 Å². The van der Waals surface area contributed by atoms with E-state index >= 15 is 0 Å². The molecule has 0 unspecified atom stereocenters. The first-order chi connectivity index (χ1) is 7.33. The number of nitrogens with zero attached hydrogens (tertiary/aromatic N) is 2. The van der Waals surface area contributed by atoms with Gasteiger partial charge in [-0.25, -0.2) is 4.98 Å². The minimum atomic E-state index is -0.00975. The maximum atomic E-state index is 8.68. The third kappa shape index (κ3) is 2.06. The highest BCUT2D eigenvalue weighted by Crippen LogP contribution is 2.25. The van der Waals surface area contributed by atoms with Crippen molar-refractivity contribution in [3.8, 4) is 11.8 Å². The lowest BCUT2D eigenvalue weighted by molar-refractivity contribution is 0.201. The van der Waals surface area contributed by atoms with Gasteiger partial charge in [-0.05, 0) is 18.2 Å². The first-order valence-corrected chi connectivity index (χ1v) is 5.19. The van der Waals surface area contributed by atoms with Crippen LogP contribution in [0.3, 0.4) is 0 Å². The number of thiazole rings is 1. The van der Waals surface area contributed by atoms with Gasteiger partial charge in [0.1, 0.15) is 18.4 Å². The highest BCUT2D eigenvalue weighted by Gasteiger charge is 2.04. The minimum Gasteiger partial charge on any atom is -0.491 e. The number of aromatic nitrogens is 1. The first-order valence-electron chi connectivity index (χ1n) is 4.38. The molecule has 4 nitrogen and oxygen atoms in total. The fourth-order valence-electron chi connectivity index (χ4n) is 1.21. The van der Waals surface area contributed by atoms with Crippen LogP contribution in [0.4, 0.5) is 0 Å². The molecule has 1 heterocycles. The van der Waals surface area contributed by atoms with Gasteiger partial charge in [0.15, 0.2) is 5.01 Å². The summed E-state index contributed by atoms with van der Waals surface area (Å²) in [6.45, 7) is 0.263. The molecular formula is C10H8N2O2S. The molecule has 0 aliphatic carbocycles. The molecule has 1 N–H and O–H groups in total. The first kappa shape index (κ1) is 9.90. The summed E-state index contributed by atoms with van der Waals surface area (Å²) in [6, 6.07) is 7.41. The van der Waals surface area contributed by atoms with E-state index in [-0.39, 0.29) is 13.2 Å².